The van der Waals surface area contributed by atoms with Crippen molar-refractivity contribution >= 4 is 10.0 Å². The van der Waals surface area contributed by atoms with Gasteiger partial charge in [-0.05, 0) is 12.5 Å². The van der Waals surface area contributed by atoms with Crippen molar-refractivity contribution in [2.24, 2.45) is 0 Å². The van der Waals surface area contributed by atoms with Crippen LogP contribution in [0.15, 0.2) is 12.3 Å². The van der Waals surface area contributed by atoms with Crippen molar-refractivity contribution in [1.29, 1.82) is 0 Å². The molecule has 0 unspecified atom stereocenters. The smallest absolute Gasteiger partial charge is 0.211 e. The van der Waals surface area contributed by atoms with E-state index in [-0.39, 0.29) is 5.75 Å². The summed E-state index contributed by atoms with van der Waals surface area (Å²) >= 11 is 0. The standard InChI is InChI=1S/C8H15N3O2S/c1-2-7-14(12,13)10-6-4-8-3-5-9-11-8/h3,5,10H,2,4,6-7H2,1H3,(H,9,11). The zero-order valence-corrected chi connectivity index (χ0v) is 8.97. The Morgan fingerprint density at radius 3 is 2.93 bits per heavy atom. The molecule has 1 aromatic rings. The van der Waals surface area contributed by atoms with Crippen LogP contribution < -0.4 is 4.72 Å². The van der Waals surface area contributed by atoms with Crippen LogP contribution >= 0.6 is 0 Å². The van der Waals surface area contributed by atoms with Gasteiger partial charge < -0.3 is 0 Å². The number of aromatic nitrogens is 2. The van der Waals surface area contributed by atoms with Crippen LogP contribution in [0.2, 0.25) is 0 Å². The number of hydrogen-bond acceptors (Lipinski definition) is 3. The molecule has 0 atom stereocenters. The number of nitrogens with zero attached hydrogens (tertiary/aromatic N) is 1. The molecule has 0 aliphatic rings. The van der Waals surface area contributed by atoms with E-state index in [1.165, 1.54) is 0 Å². The molecule has 0 saturated carbocycles. The number of sulfonamides is 1. The van der Waals surface area contributed by atoms with Crippen LogP contribution in [0.4, 0.5) is 0 Å². The van der Waals surface area contributed by atoms with E-state index in [0.717, 1.165) is 5.69 Å². The zero-order valence-electron chi connectivity index (χ0n) is 8.16. The first-order chi connectivity index (χ1) is 6.64. The monoisotopic (exact) mass is 217 g/mol. The average Bonchev–Trinajstić information content (AvgIpc) is 2.56. The van der Waals surface area contributed by atoms with Crippen LogP contribution in [0, 0.1) is 0 Å². The molecule has 0 amide bonds. The van der Waals surface area contributed by atoms with E-state index in [4.69, 9.17) is 0 Å². The molecule has 0 spiro atoms. The van der Waals surface area contributed by atoms with Gasteiger partial charge in [0.15, 0.2) is 0 Å². The van der Waals surface area contributed by atoms with Crippen molar-refractivity contribution in [3.63, 3.8) is 0 Å². The van der Waals surface area contributed by atoms with Crippen molar-refractivity contribution < 1.29 is 8.42 Å². The fourth-order valence-corrected chi connectivity index (χ4v) is 2.20. The largest absolute Gasteiger partial charge is 0.283 e. The summed E-state index contributed by atoms with van der Waals surface area (Å²) in [5, 5.41) is 6.54. The van der Waals surface area contributed by atoms with Gasteiger partial charge in [0.1, 0.15) is 0 Å². The van der Waals surface area contributed by atoms with Gasteiger partial charge in [-0.15, -0.1) is 0 Å². The quantitative estimate of drug-likeness (QED) is 0.718. The minimum Gasteiger partial charge on any atom is -0.283 e. The number of rotatable bonds is 6. The maximum absolute atomic E-state index is 11.2. The first-order valence-electron chi connectivity index (χ1n) is 4.59. The highest BCUT2D eigenvalue weighted by atomic mass is 32.2. The van der Waals surface area contributed by atoms with Crippen molar-refractivity contribution in [1.82, 2.24) is 14.9 Å². The van der Waals surface area contributed by atoms with Gasteiger partial charge in [-0.25, -0.2) is 13.1 Å². The maximum atomic E-state index is 11.2. The van der Waals surface area contributed by atoms with Gasteiger partial charge in [-0.1, -0.05) is 6.92 Å². The molecule has 14 heavy (non-hydrogen) atoms. The molecule has 1 rings (SSSR count). The normalized spacial score (nSPS) is 11.8. The predicted molar refractivity (Wildman–Crippen MR) is 54.4 cm³/mol. The molecule has 0 bridgehead atoms. The molecule has 80 valence electrons. The van der Waals surface area contributed by atoms with Crippen LogP contribution in [0.5, 0.6) is 0 Å². The minimum atomic E-state index is -3.07. The lowest BCUT2D eigenvalue weighted by molar-refractivity contribution is 0.580. The summed E-state index contributed by atoms with van der Waals surface area (Å²) in [5.41, 5.74) is 0.934. The Kier molecular flexibility index (Phi) is 4.09. The van der Waals surface area contributed by atoms with Crippen molar-refractivity contribution in [3.8, 4) is 0 Å². The summed E-state index contributed by atoms with van der Waals surface area (Å²) in [4.78, 5) is 0. The summed E-state index contributed by atoms with van der Waals surface area (Å²) in [6.07, 6.45) is 2.93. The second kappa shape index (κ2) is 5.11. The Hall–Kier alpha value is -0.880. The third-order valence-corrected chi connectivity index (χ3v) is 3.34. The van der Waals surface area contributed by atoms with E-state index in [2.05, 4.69) is 14.9 Å². The van der Waals surface area contributed by atoms with Crippen molar-refractivity contribution in [2.75, 3.05) is 12.3 Å². The Balaban J connectivity index is 2.28. The number of hydrogen-bond donors (Lipinski definition) is 2. The number of H-pyrrole nitrogens is 1. The van der Waals surface area contributed by atoms with Crippen molar-refractivity contribution in [2.45, 2.75) is 19.8 Å². The molecule has 2 N–H and O–H groups in total. The van der Waals surface area contributed by atoms with Gasteiger partial charge in [0, 0.05) is 24.9 Å². The molecule has 0 aliphatic heterocycles. The van der Waals surface area contributed by atoms with E-state index < -0.39 is 10.0 Å². The molecule has 0 aromatic carbocycles. The maximum Gasteiger partial charge on any atom is 0.211 e. The molecule has 0 saturated heterocycles. The average molecular weight is 217 g/mol. The molecular weight excluding hydrogens is 202 g/mol. The van der Waals surface area contributed by atoms with E-state index in [1.807, 2.05) is 13.0 Å². The highest BCUT2D eigenvalue weighted by Gasteiger charge is 2.07. The van der Waals surface area contributed by atoms with Crippen LogP contribution in [-0.4, -0.2) is 30.9 Å². The Bertz CT molecular complexity index is 345. The van der Waals surface area contributed by atoms with Gasteiger partial charge in [0.25, 0.3) is 0 Å². The van der Waals surface area contributed by atoms with Crippen LogP contribution in [0.3, 0.4) is 0 Å². The summed E-state index contributed by atoms with van der Waals surface area (Å²) in [7, 11) is -3.07. The highest BCUT2D eigenvalue weighted by Crippen LogP contribution is 1.93. The SMILES string of the molecule is CCCS(=O)(=O)NCCc1ccn[nH]1. The van der Waals surface area contributed by atoms with E-state index in [1.54, 1.807) is 6.20 Å². The van der Waals surface area contributed by atoms with E-state index in [0.29, 0.717) is 19.4 Å². The topological polar surface area (TPSA) is 74.8 Å². The molecule has 1 aromatic heterocycles. The number of aromatic amines is 1. The lowest BCUT2D eigenvalue weighted by Crippen LogP contribution is -2.28. The van der Waals surface area contributed by atoms with E-state index in [9.17, 15) is 8.42 Å². The number of nitrogens with one attached hydrogen (secondary N) is 2. The highest BCUT2D eigenvalue weighted by molar-refractivity contribution is 7.89. The molecular formula is C8H15N3O2S. The lowest BCUT2D eigenvalue weighted by atomic mass is 10.3. The minimum absolute atomic E-state index is 0.190. The van der Waals surface area contributed by atoms with E-state index >= 15 is 0 Å². The summed E-state index contributed by atoms with van der Waals surface area (Å²) < 4.78 is 25.0. The van der Waals surface area contributed by atoms with Gasteiger partial charge in [0.05, 0.1) is 5.75 Å². The fraction of sp³-hybridized carbons (Fsp3) is 0.625. The van der Waals surface area contributed by atoms with Gasteiger partial charge in [0.2, 0.25) is 10.0 Å². The first-order valence-corrected chi connectivity index (χ1v) is 6.25. The van der Waals surface area contributed by atoms with Crippen LogP contribution in [0.1, 0.15) is 19.0 Å². The second-order valence-electron chi connectivity index (χ2n) is 3.05. The third kappa shape index (κ3) is 3.89. The molecule has 5 nitrogen and oxygen atoms in total. The van der Waals surface area contributed by atoms with Gasteiger partial charge >= 0.3 is 0 Å². The predicted octanol–water partition coefficient (Wildman–Crippen LogP) is 0.282. The van der Waals surface area contributed by atoms with Crippen LogP contribution in [0.25, 0.3) is 0 Å². The van der Waals surface area contributed by atoms with Gasteiger partial charge in [-0.2, -0.15) is 5.10 Å². The third-order valence-electron chi connectivity index (χ3n) is 1.75. The zero-order chi connectivity index (χ0) is 10.4. The first kappa shape index (κ1) is 11.2. The fourth-order valence-electron chi connectivity index (χ4n) is 1.11. The molecule has 6 heteroatoms. The summed E-state index contributed by atoms with van der Waals surface area (Å²) in [5.74, 6) is 0.190. The Morgan fingerprint density at radius 1 is 1.57 bits per heavy atom. The molecule has 0 aliphatic carbocycles. The lowest BCUT2D eigenvalue weighted by Gasteiger charge is -2.03. The molecule has 0 fully saturated rings. The van der Waals surface area contributed by atoms with Crippen LogP contribution in [-0.2, 0) is 16.4 Å². The second-order valence-corrected chi connectivity index (χ2v) is 4.97. The molecule has 1 heterocycles. The van der Waals surface area contributed by atoms with Gasteiger partial charge in [-0.3, -0.25) is 5.10 Å². The van der Waals surface area contributed by atoms with Crippen molar-refractivity contribution in [3.05, 3.63) is 18.0 Å². The Labute approximate surface area is 84.0 Å². The summed E-state index contributed by atoms with van der Waals surface area (Å²) in [6.45, 7) is 2.26. The molecule has 0 radical (unpaired) electrons. The Morgan fingerprint density at radius 2 is 2.36 bits per heavy atom. The summed E-state index contributed by atoms with van der Waals surface area (Å²) in [6, 6.07) is 1.83.